The zero-order valence-corrected chi connectivity index (χ0v) is 15.6. The summed E-state index contributed by atoms with van der Waals surface area (Å²) in [7, 11) is 3.19. The number of ether oxygens (including phenoxy) is 2. The molecule has 0 spiro atoms. The molecule has 0 bridgehead atoms. The first kappa shape index (κ1) is 18.3. The minimum absolute atomic E-state index is 0.0126. The van der Waals surface area contributed by atoms with Crippen LogP contribution in [0.25, 0.3) is 0 Å². The van der Waals surface area contributed by atoms with Crippen LogP contribution in [0.3, 0.4) is 0 Å². The van der Waals surface area contributed by atoms with Crippen molar-refractivity contribution in [3.05, 3.63) is 53.6 Å². The molecule has 0 radical (unpaired) electrons. The number of aryl methyl sites for hydroxylation is 1. The molecule has 1 heterocycles. The van der Waals surface area contributed by atoms with Gasteiger partial charge >= 0.3 is 0 Å². The third-order valence-electron chi connectivity index (χ3n) is 4.80. The van der Waals surface area contributed by atoms with E-state index in [9.17, 15) is 4.79 Å². The van der Waals surface area contributed by atoms with Crippen LogP contribution >= 0.6 is 0 Å². The lowest BCUT2D eigenvalue weighted by Crippen LogP contribution is -2.39. The Morgan fingerprint density at radius 1 is 1.19 bits per heavy atom. The fourth-order valence-electron chi connectivity index (χ4n) is 3.48. The molecule has 2 aromatic rings. The minimum Gasteiger partial charge on any atom is -0.497 e. The summed E-state index contributed by atoms with van der Waals surface area (Å²) < 4.78 is 10.6. The third-order valence-corrected chi connectivity index (χ3v) is 4.80. The highest BCUT2D eigenvalue weighted by Gasteiger charge is 2.31. The van der Waals surface area contributed by atoms with E-state index in [0.29, 0.717) is 17.2 Å². The molecule has 1 aliphatic heterocycles. The predicted molar refractivity (Wildman–Crippen MR) is 103 cm³/mol. The molecule has 3 rings (SSSR count). The summed E-state index contributed by atoms with van der Waals surface area (Å²) >= 11 is 0. The van der Waals surface area contributed by atoms with Crippen molar-refractivity contribution in [2.45, 2.75) is 32.4 Å². The van der Waals surface area contributed by atoms with Gasteiger partial charge in [0, 0.05) is 12.6 Å². The molecule has 0 aliphatic carbocycles. The maximum atomic E-state index is 12.9. The van der Waals surface area contributed by atoms with Gasteiger partial charge in [-0.15, -0.1) is 0 Å². The van der Waals surface area contributed by atoms with E-state index in [4.69, 9.17) is 9.47 Å². The predicted octanol–water partition coefficient (Wildman–Crippen LogP) is 3.62. The van der Waals surface area contributed by atoms with Crippen LogP contribution in [-0.2, 0) is 11.3 Å². The fraction of sp³-hybridized carbons (Fsp3) is 0.381. The number of hydrogen-bond donors (Lipinski definition) is 1. The van der Waals surface area contributed by atoms with Crippen molar-refractivity contribution in [3.63, 3.8) is 0 Å². The molecule has 0 saturated carbocycles. The fourth-order valence-corrected chi connectivity index (χ4v) is 3.48. The second kappa shape index (κ2) is 8.23. The number of likely N-dealkylation sites (tertiary alicyclic amines) is 1. The molecule has 5 heteroatoms. The molecular weight excluding hydrogens is 328 g/mol. The standard InChI is InChI=1S/C21H26N2O3/c1-15-6-4-7-16(12-15)14-23-11-5-8-19(23)21(24)22-18-10-9-17(25-2)13-20(18)26-3/h4,6-7,9-10,12-13,19H,5,8,11,14H2,1-3H3,(H,22,24). The van der Waals surface area contributed by atoms with Gasteiger partial charge in [-0.3, -0.25) is 9.69 Å². The lowest BCUT2D eigenvalue weighted by atomic mass is 10.1. The van der Waals surface area contributed by atoms with Crippen LogP contribution in [0.1, 0.15) is 24.0 Å². The SMILES string of the molecule is COc1ccc(NC(=O)C2CCCN2Cc2cccc(C)c2)c(OC)c1. The van der Waals surface area contributed by atoms with Gasteiger partial charge in [0.1, 0.15) is 11.5 Å². The zero-order valence-electron chi connectivity index (χ0n) is 15.6. The van der Waals surface area contributed by atoms with Gasteiger partial charge in [-0.25, -0.2) is 0 Å². The summed E-state index contributed by atoms with van der Waals surface area (Å²) in [6.07, 6.45) is 1.90. The van der Waals surface area contributed by atoms with Crippen LogP contribution < -0.4 is 14.8 Å². The normalized spacial score (nSPS) is 17.1. The Kier molecular flexibility index (Phi) is 5.78. The molecule has 5 nitrogen and oxygen atoms in total. The number of carbonyl (C=O) groups excluding carboxylic acids is 1. The van der Waals surface area contributed by atoms with Crippen molar-refractivity contribution >= 4 is 11.6 Å². The second-order valence-corrected chi connectivity index (χ2v) is 6.67. The van der Waals surface area contributed by atoms with Gasteiger partial charge < -0.3 is 14.8 Å². The summed E-state index contributed by atoms with van der Waals surface area (Å²) in [5, 5.41) is 3.02. The highest BCUT2D eigenvalue weighted by molar-refractivity contribution is 5.96. The van der Waals surface area contributed by atoms with Crippen molar-refractivity contribution in [1.82, 2.24) is 4.90 Å². The Hall–Kier alpha value is -2.53. The summed E-state index contributed by atoms with van der Waals surface area (Å²) in [6, 6.07) is 13.7. The lowest BCUT2D eigenvalue weighted by Gasteiger charge is -2.24. The van der Waals surface area contributed by atoms with E-state index in [0.717, 1.165) is 25.9 Å². The van der Waals surface area contributed by atoms with Crippen LogP contribution in [0, 0.1) is 6.92 Å². The number of nitrogens with one attached hydrogen (secondary N) is 1. The van der Waals surface area contributed by atoms with Crippen LogP contribution in [0.15, 0.2) is 42.5 Å². The maximum absolute atomic E-state index is 12.9. The molecular formula is C21H26N2O3. The number of hydrogen-bond acceptors (Lipinski definition) is 4. The Morgan fingerprint density at radius 2 is 2.04 bits per heavy atom. The molecule has 1 saturated heterocycles. The van der Waals surface area contributed by atoms with Gasteiger partial charge in [0.25, 0.3) is 0 Å². The first-order valence-corrected chi connectivity index (χ1v) is 8.93. The van der Waals surface area contributed by atoms with Crippen molar-refractivity contribution in [3.8, 4) is 11.5 Å². The highest BCUT2D eigenvalue weighted by atomic mass is 16.5. The van der Waals surface area contributed by atoms with Crippen LogP contribution in [-0.4, -0.2) is 37.6 Å². The molecule has 26 heavy (non-hydrogen) atoms. The Morgan fingerprint density at radius 3 is 2.77 bits per heavy atom. The van der Waals surface area contributed by atoms with Gasteiger partial charge in [0.15, 0.2) is 0 Å². The second-order valence-electron chi connectivity index (χ2n) is 6.67. The first-order chi connectivity index (χ1) is 12.6. The van der Waals surface area contributed by atoms with Crippen molar-refractivity contribution in [2.75, 3.05) is 26.1 Å². The number of carbonyl (C=O) groups is 1. The number of methoxy groups -OCH3 is 2. The summed E-state index contributed by atoms with van der Waals surface area (Å²) in [4.78, 5) is 15.1. The smallest absolute Gasteiger partial charge is 0.241 e. The number of rotatable bonds is 6. The molecule has 1 aliphatic rings. The first-order valence-electron chi connectivity index (χ1n) is 8.93. The van der Waals surface area contributed by atoms with Gasteiger partial charge in [0.2, 0.25) is 5.91 Å². The molecule has 2 aromatic carbocycles. The van der Waals surface area contributed by atoms with E-state index in [1.165, 1.54) is 11.1 Å². The Bertz CT molecular complexity index is 776. The van der Waals surface area contributed by atoms with Gasteiger partial charge in [-0.1, -0.05) is 29.8 Å². The number of amides is 1. The van der Waals surface area contributed by atoms with Crippen molar-refractivity contribution < 1.29 is 14.3 Å². The molecule has 1 atom stereocenters. The molecule has 1 unspecified atom stereocenters. The molecule has 138 valence electrons. The van der Waals surface area contributed by atoms with Crippen LogP contribution in [0.5, 0.6) is 11.5 Å². The summed E-state index contributed by atoms with van der Waals surface area (Å²) in [5.41, 5.74) is 3.15. The van der Waals surface area contributed by atoms with E-state index in [-0.39, 0.29) is 11.9 Å². The highest BCUT2D eigenvalue weighted by Crippen LogP contribution is 2.30. The number of benzene rings is 2. The number of anilines is 1. The summed E-state index contributed by atoms with van der Waals surface area (Å²) in [6.45, 7) is 3.82. The van der Waals surface area contributed by atoms with Crippen molar-refractivity contribution in [2.24, 2.45) is 0 Å². The van der Waals surface area contributed by atoms with E-state index in [1.807, 2.05) is 12.1 Å². The molecule has 1 fully saturated rings. The largest absolute Gasteiger partial charge is 0.497 e. The molecule has 1 amide bonds. The average molecular weight is 354 g/mol. The third kappa shape index (κ3) is 4.17. The maximum Gasteiger partial charge on any atom is 0.241 e. The van der Waals surface area contributed by atoms with Crippen LogP contribution in [0.4, 0.5) is 5.69 Å². The van der Waals surface area contributed by atoms with Gasteiger partial charge in [0.05, 0.1) is 25.9 Å². The molecule has 1 N–H and O–H groups in total. The van der Waals surface area contributed by atoms with E-state index in [1.54, 1.807) is 20.3 Å². The van der Waals surface area contributed by atoms with Crippen molar-refractivity contribution in [1.29, 1.82) is 0 Å². The lowest BCUT2D eigenvalue weighted by molar-refractivity contribution is -0.120. The quantitative estimate of drug-likeness (QED) is 0.861. The van der Waals surface area contributed by atoms with E-state index >= 15 is 0 Å². The molecule has 0 aromatic heterocycles. The summed E-state index contributed by atoms with van der Waals surface area (Å²) in [5.74, 6) is 1.31. The number of nitrogens with zero attached hydrogens (tertiary/aromatic N) is 1. The Balaban J connectivity index is 1.70. The Labute approximate surface area is 154 Å². The van der Waals surface area contributed by atoms with E-state index < -0.39 is 0 Å². The van der Waals surface area contributed by atoms with Gasteiger partial charge in [-0.2, -0.15) is 0 Å². The average Bonchev–Trinajstić information content (AvgIpc) is 3.10. The monoisotopic (exact) mass is 354 g/mol. The topological polar surface area (TPSA) is 50.8 Å². The van der Waals surface area contributed by atoms with Crippen LogP contribution in [0.2, 0.25) is 0 Å². The van der Waals surface area contributed by atoms with E-state index in [2.05, 4.69) is 41.4 Å². The minimum atomic E-state index is -0.123. The van der Waals surface area contributed by atoms with Gasteiger partial charge in [-0.05, 0) is 44.0 Å². The zero-order chi connectivity index (χ0) is 18.5.